The first-order valence-electron chi connectivity index (χ1n) is 6.21. The van der Waals surface area contributed by atoms with Gasteiger partial charge in [0.15, 0.2) is 5.78 Å². The van der Waals surface area contributed by atoms with Crippen molar-refractivity contribution in [2.75, 3.05) is 0 Å². The molecule has 0 saturated carbocycles. The van der Waals surface area contributed by atoms with Gasteiger partial charge in [-0.2, -0.15) is 0 Å². The van der Waals surface area contributed by atoms with Gasteiger partial charge in [0.25, 0.3) is 0 Å². The largest absolute Gasteiger partial charge is 0.490 e. The third kappa shape index (κ3) is 2.34. The molecular weight excluding hydrogens is 252 g/mol. The quantitative estimate of drug-likeness (QED) is 0.633. The first kappa shape index (κ1) is 13.6. The lowest BCUT2D eigenvalue weighted by atomic mass is 9.77. The number of carbonyl (C=O) groups excluding carboxylic acids is 1. The Kier molecular flexibility index (Phi) is 3.32. The summed E-state index contributed by atoms with van der Waals surface area (Å²) in [4.78, 5) is 11.3. The first-order chi connectivity index (χ1) is 8.26. The van der Waals surface area contributed by atoms with E-state index in [1.807, 2.05) is 13.8 Å². The molecule has 1 saturated heterocycles. The Bertz CT molecular complexity index is 408. The van der Waals surface area contributed by atoms with Gasteiger partial charge in [0.1, 0.15) is 17.5 Å². The molecule has 0 unspecified atom stereocenters. The average molecular weight is 271 g/mol. The molecule has 4 heteroatoms. The van der Waals surface area contributed by atoms with Crippen LogP contribution in [0.2, 0.25) is 0 Å². The maximum atomic E-state index is 11.9. The number of alkyl halides is 1. The molecule has 0 aromatic heterocycles. The molecule has 3 nitrogen and oxygen atoms in total. The van der Waals surface area contributed by atoms with E-state index >= 15 is 0 Å². The number of ether oxygens (including phenoxy) is 1. The SMILES string of the molecule is C=CC[C@@H]1C[C@]2(O)C[C@H](C(C)(C)Cl)OC2=CC1=O. The Labute approximate surface area is 112 Å². The molecule has 3 atom stereocenters. The number of hydrogen-bond donors (Lipinski definition) is 1. The summed E-state index contributed by atoms with van der Waals surface area (Å²) in [5.74, 6) is 0.186. The lowest BCUT2D eigenvalue weighted by Crippen LogP contribution is -2.38. The molecule has 1 N–H and O–H groups in total. The number of ketones is 1. The van der Waals surface area contributed by atoms with E-state index in [-0.39, 0.29) is 17.8 Å². The molecule has 0 aromatic rings. The van der Waals surface area contributed by atoms with Gasteiger partial charge in [-0.05, 0) is 26.7 Å². The van der Waals surface area contributed by atoms with Crippen molar-refractivity contribution >= 4 is 17.4 Å². The smallest absolute Gasteiger partial charge is 0.162 e. The predicted molar refractivity (Wildman–Crippen MR) is 70.4 cm³/mol. The lowest BCUT2D eigenvalue weighted by molar-refractivity contribution is -0.121. The molecule has 0 aromatic carbocycles. The summed E-state index contributed by atoms with van der Waals surface area (Å²) in [5.41, 5.74) is -1.04. The van der Waals surface area contributed by atoms with E-state index in [4.69, 9.17) is 16.3 Å². The normalized spacial score (nSPS) is 35.8. The van der Waals surface area contributed by atoms with Gasteiger partial charge in [0.05, 0.1) is 4.87 Å². The lowest BCUT2D eigenvalue weighted by Gasteiger charge is -2.29. The van der Waals surface area contributed by atoms with Gasteiger partial charge >= 0.3 is 0 Å². The Morgan fingerprint density at radius 3 is 2.89 bits per heavy atom. The van der Waals surface area contributed by atoms with E-state index in [0.717, 1.165) is 0 Å². The van der Waals surface area contributed by atoms with E-state index in [1.165, 1.54) is 6.08 Å². The molecule has 1 aliphatic carbocycles. The summed E-state index contributed by atoms with van der Waals surface area (Å²) in [6.07, 6.45) is 4.29. The second-order valence-electron chi connectivity index (χ2n) is 5.74. The minimum Gasteiger partial charge on any atom is -0.490 e. The number of rotatable bonds is 3. The average Bonchev–Trinajstić information content (AvgIpc) is 2.56. The van der Waals surface area contributed by atoms with Crippen LogP contribution in [0.15, 0.2) is 24.5 Å². The Balaban J connectivity index is 2.24. The van der Waals surface area contributed by atoms with E-state index in [0.29, 0.717) is 25.0 Å². The van der Waals surface area contributed by atoms with Crippen LogP contribution in [0.3, 0.4) is 0 Å². The zero-order valence-corrected chi connectivity index (χ0v) is 11.5. The van der Waals surface area contributed by atoms with Gasteiger partial charge in [-0.1, -0.05) is 6.08 Å². The highest BCUT2D eigenvalue weighted by Crippen LogP contribution is 2.46. The molecule has 1 fully saturated rings. The summed E-state index contributed by atoms with van der Waals surface area (Å²) < 4.78 is 5.66. The standard InChI is InChI=1S/C14H19ClO3/c1-4-5-9-7-14(17)8-12(13(2,3)15)18-11(14)6-10(9)16/h4,6,9,12,17H,1,5,7-8H2,2-3H3/t9-,12-,14+/m1/s1. The van der Waals surface area contributed by atoms with Crippen molar-refractivity contribution in [2.24, 2.45) is 5.92 Å². The highest BCUT2D eigenvalue weighted by molar-refractivity contribution is 6.23. The fraction of sp³-hybridized carbons (Fsp3) is 0.643. The molecule has 0 spiro atoms. The molecule has 0 radical (unpaired) electrons. The Hall–Kier alpha value is -0.800. The van der Waals surface area contributed by atoms with Crippen molar-refractivity contribution in [1.29, 1.82) is 0 Å². The predicted octanol–water partition coefficient (Wildman–Crippen LogP) is 2.57. The van der Waals surface area contributed by atoms with Crippen molar-refractivity contribution in [1.82, 2.24) is 0 Å². The summed E-state index contributed by atoms with van der Waals surface area (Å²) in [5, 5.41) is 10.6. The summed E-state index contributed by atoms with van der Waals surface area (Å²) in [6.45, 7) is 7.35. The molecule has 18 heavy (non-hydrogen) atoms. The number of fused-ring (bicyclic) bond motifs is 1. The maximum Gasteiger partial charge on any atom is 0.162 e. The van der Waals surface area contributed by atoms with Crippen LogP contribution in [-0.4, -0.2) is 27.5 Å². The zero-order valence-electron chi connectivity index (χ0n) is 10.8. The van der Waals surface area contributed by atoms with Gasteiger partial charge in [-0.15, -0.1) is 18.2 Å². The number of allylic oxidation sites excluding steroid dienone is 2. The number of hydrogen-bond acceptors (Lipinski definition) is 3. The molecule has 2 rings (SSSR count). The molecule has 1 aliphatic heterocycles. The van der Waals surface area contributed by atoms with Crippen LogP contribution < -0.4 is 0 Å². The number of aliphatic hydroxyl groups is 1. The van der Waals surface area contributed by atoms with Gasteiger partial charge in [0, 0.05) is 18.4 Å². The highest BCUT2D eigenvalue weighted by atomic mass is 35.5. The van der Waals surface area contributed by atoms with E-state index in [9.17, 15) is 9.90 Å². The Morgan fingerprint density at radius 1 is 1.67 bits per heavy atom. The van der Waals surface area contributed by atoms with Crippen LogP contribution in [0.5, 0.6) is 0 Å². The fourth-order valence-corrected chi connectivity index (χ4v) is 2.72. The summed E-state index contributed by atoms with van der Waals surface area (Å²) in [7, 11) is 0. The van der Waals surface area contributed by atoms with E-state index in [1.54, 1.807) is 6.08 Å². The Morgan fingerprint density at radius 2 is 2.33 bits per heavy atom. The van der Waals surface area contributed by atoms with Crippen molar-refractivity contribution in [3.8, 4) is 0 Å². The van der Waals surface area contributed by atoms with Crippen LogP contribution >= 0.6 is 11.6 Å². The molecular formula is C14H19ClO3. The minimum absolute atomic E-state index is 0.00241. The second-order valence-corrected chi connectivity index (χ2v) is 6.72. The fourth-order valence-electron chi connectivity index (χ4n) is 2.60. The van der Waals surface area contributed by atoms with E-state index in [2.05, 4.69) is 6.58 Å². The summed E-state index contributed by atoms with van der Waals surface area (Å²) >= 11 is 6.24. The zero-order chi connectivity index (χ0) is 13.6. The number of halogens is 1. The van der Waals surface area contributed by atoms with Crippen LogP contribution in [0.25, 0.3) is 0 Å². The molecule has 0 bridgehead atoms. The monoisotopic (exact) mass is 270 g/mol. The van der Waals surface area contributed by atoms with Crippen molar-refractivity contribution in [3.05, 3.63) is 24.5 Å². The number of carbonyl (C=O) groups is 1. The van der Waals surface area contributed by atoms with Crippen molar-refractivity contribution in [2.45, 2.75) is 49.7 Å². The summed E-state index contributed by atoms with van der Waals surface area (Å²) in [6, 6.07) is 0. The van der Waals surface area contributed by atoms with E-state index < -0.39 is 10.5 Å². The topological polar surface area (TPSA) is 46.5 Å². The third-order valence-corrected chi connectivity index (χ3v) is 3.97. The minimum atomic E-state index is -1.04. The van der Waals surface area contributed by atoms with Gasteiger partial charge in [-0.3, -0.25) is 4.79 Å². The van der Waals surface area contributed by atoms with Gasteiger partial charge < -0.3 is 9.84 Å². The second kappa shape index (κ2) is 4.39. The van der Waals surface area contributed by atoms with Crippen LogP contribution in [0, 0.1) is 5.92 Å². The maximum absolute atomic E-state index is 11.9. The first-order valence-corrected chi connectivity index (χ1v) is 6.59. The molecule has 2 aliphatic rings. The highest BCUT2D eigenvalue weighted by Gasteiger charge is 2.52. The van der Waals surface area contributed by atoms with Crippen LogP contribution in [0.4, 0.5) is 0 Å². The van der Waals surface area contributed by atoms with Crippen molar-refractivity contribution < 1.29 is 14.6 Å². The van der Waals surface area contributed by atoms with Gasteiger partial charge in [-0.25, -0.2) is 0 Å². The van der Waals surface area contributed by atoms with Crippen molar-refractivity contribution in [3.63, 3.8) is 0 Å². The molecule has 100 valence electrons. The van der Waals surface area contributed by atoms with Crippen LogP contribution in [0.1, 0.15) is 33.1 Å². The molecule has 0 amide bonds. The van der Waals surface area contributed by atoms with Crippen LogP contribution in [-0.2, 0) is 9.53 Å². The molecule has 1 heterocycles. The van der Waals surface area contributed by atoms with Gasteiger partial charge in [0.2, 0.25) is 0 Å². The third-order valence-electron chi connectivity index (χ3n) is 3.73.